The number of piperidine rings is 1. The van der Waals surface area contributed by atoms with Crippen LogP contribution in [0.2, 0.25) is 0 Å². The van der Waals surface area contributed by atoms with Gasteiger partial charge in [0.1, 0.15) is 0 Å². The van der Waals surface area contributed by atoms with Crippen molar-refractivity contribution in [1.29, 1.82) is 0 Å². The average molecular weight is 573 g/mol. The van der Waals surface area contributed by atoms with Gasteiger partial charge in [0.15, 0.2) is 9.84 Å². The molecule has 2 heterocycles. The molecule has 3 aromatic carbocycles. The van der Waals surface area contributed by atoms with Gasteiger partial charge in [0.05, 0.1) is 22.6 Å². The Morgan fingerprint density at radius 1 is 0.878 bits per heavy atom. The van der Waals surface area contributed by atoms with Gasteiger partial charge in [-0.15, -0.1) is 0 Å². The minimum absolute atomic E-state index is 0.126. The Labute approximate surface area is 243 Å². The van der Waals surface area contributed by atoms with Crippen LogP contribution in [0.25, 0.3) is 33.2 Å². The molecule has 0 saturated carbocycles. The molecule has 0 spiro atoms. The van der Waals surface area contributed by atoms with Crippen molar-refractivity contribution in [3.63, 3.8) is 0 Å². The summed E-state index contributed by atoms with van der Waals surface area (Å²) in [5.74, 6) is 0.587. The number of fused-ring (bicyclic) bond motifs is 1. The van der Waals surface area contributed by atoms with E-state index in [-0.39, 0.29) is 17.0 Å². The van der Waals surface area contributed by atoms with Gasteiger partial charge < -0.3 is 14.6 Å². The standard InChI is InChI=1S/C34H40N2O4S/c1-23(2)35-18-16-26(17-19-35)24-6-8-25(9-7-24)28-12-15-32-29(20-28)21-31(33(37)36(32)22-34(3,4)38)27-10-13-30(14-11-27)41(5,39)40/h6-15,20-21,23,26,38H,16-19,22H2,1-5H3. The van der Waals surface area contributed by atoms with E-state index in [4.69, 9.17) is 0 Å². The number of hydrogen-bond acceptors (Lipinski definition) is 5. The first-order chi connectivity index (χ1) is 19.3. The predicted octanol–water partition coefficient (Wildman–Crippen LogP) is 6.10. The molecular formula is C34H40N2O4S. The Balaban J connectivity index is 1.52. The minimum atomic E-state index is -3.35. The molecule has 1 aliphatic heterocycles. The minimum Gasteiger partial charge on any atom is -0.389 e. The number of rotatable bonds is 7. The summed E-state index contributed by atoms with van der Waals surface area (Å²) < 4.78 is 25.5. The van der Waals surface area contributed by atoms with E-state index in [9.17, 15) is 18.3 Å². The largest absolute Gasteiger partial charge is 0.389 e. The highest BCUT2D eigenvalue weighted by Gasteiger charge is 2.22. The van der Waals surface area contributed by atoms with Crippen molar-refractivity contribution < 1.29 is 13.5 Å². The van der Waals surface area contributed by atoms with Gasteiger partial charge in [0.25, 0.3) is 5.56 Å². The first kappa shape index (κ1) is 29.2. The van der Waals surface area contributed by atoms with Crippen LogP contribution in [0.1, 0.15) is 52.0 Å². The molecule has 0 bridgehead atoms. The third-order valence-corrected chi connectivity index (χ3v) is 9.34. The SMILES string of the molecule is CC(C)N1CCC(c2ccc(-c3ccc4c(c3)cc(-c3ccc(S(C)(=O)=O)cc3)c(=O)n4CC(C)(C)O)cc2)CC1. The van der Waals surface area contributed by atoms with Gasteiger partial charge in [-0.05, 0) is 118 Å². The number of aliphatic hydroxyl groups is 1. The van der Waals surface area contributed by atoms with Crippen molar-refractivity contribution in [2.45, 2.75) is 69.5 Å². The number of aromatic nitrogens is 1. The molecule has 0 atom stereocenters. The second-order valence-electron chi connectivity index (χ2n) is 12.4. The number of sulfone groups is 1. The molecule has 1 N–H and O–H groups in total. The second kappa shape index (κ2) is 11.2. The van der Waals surface area contributed by atoms with Crippen LogP contribution in [0.15, 0.2) is 82.5 Å². The lowest BCUT2D eigenvalue weighted by atomic mass is 9.88. The number of likely N-dealkylation sites (tertiary alicyclic amines) is 1. The molecule has 6 nitrogen and oxygen atoms in total. The van der Waals surface area contributed by atoms with Crippen LogP contribution in [0, 0.1) is 0 Å². The molecule has 0 unspecified atom stereocenters. The molecule has 1 fully saturated rings. The van der Waals surface area contributed by atoms with E-state index < -0.39 is 15.4 Å². The summed E-state index contributed by atoms with van der Waals surface area (Å²) in [6.45, 7) is 10.3. The van der Waals surface area contributed by atoms with E-state index in [0.29, 0.717) is 23.1 Å². The number of benzene rings is 3. The zero-order valence-electron chi connectivity index (χ0n) is 24.6. The molecule has 0 radical (unpaired) electrons. The van der Waals surface area contributed by atoms with Crippen LogP contribution >= 0.6 is 0 Å². The molecule has 0 amide bonds. The van der Waals surface area contributed by atoms with Gasteiger partial charge in [0, 0.05) is 17.9 Å². The summed E-state index contributed by atoms with van der Waals surface area (Å²) in [5.41, 5.74) is 4.04. The van der Waals surface area contributed by atoms with Crippen molar-refractivity contribution in [3.05, 3.63) is 88.7 Å². The van der Waals surface area contributed by atoms with E-state index >= 15 is 0 Å². The summed E-state index contributed by atoms with van der Waals surface area (Å²) in [7, 11) is -3.35. The predicted molar refractivity (Wildman–Crippen MR) is 167 cm³/mol. The smallest absolute Gasteiger partial charge is 0.259 e. The summed E-state index contributed by atoms with van der Waals surface area (Å²) in [4.78, 5) is 16.4. The van der Waals surface area contributed by atoms with Crippen LogP contribution in [0.5, 0.6) is 0 Å². The van der Waals surface area contributed by atoms with Crippen molar-refractivity contribution in [1.82, 2.24) is 9.47 Å². The number of nitrogens with zero attached hydrogens (tertiary/aromatic N) is 2. The molecule has 1 aromatic heterocycles. The van der Waals surface area contributed by atoms with Crippen molar-refractivity contribution in [2.24, 2.45) is 0 Å². The van der Waals surface area contributed by atoms with Crippen molar-refractivity contribution in [3.8, 4) is 22.3 Å². The Hall–Kier alpha value is -3.26. The highest BCUT2D eigenvalue weighted by atomic mass is 32.2. The zero-order chi connectivity index (χ0) is 29.5. The summed E-state index contributed by atoms with van der Waals surface area (Å²) in [5, 5.41) is 11.5. The lowest BCUT2D eigenvalue weighted by molar-refractivity contribution is 0.0618. The van der Waals surface area contributed by atoms with Gasteiger partial charge in [0.2, 0.25) is 0 Å². The molecular weight excluding hydrogens is 532 g/mol. The fourth-order valence-corrected chi connectivity index (χ4v) is 6.53. The Bertz CT molecular complexity index is 1710. The van der Waals surface area contributed by atoms with Crippen molar-refractivity contribution >= 4 is 20.7 Å². The fourth-order valence-electron chi connectivity index (χ4n) is 5.90. The van der Waals surface area contributed by atoms with Gasteiger partial charge in [-0.2, -0.15) is 0 Å². The van der Waals surface area contributed by atoms with E-state index in [1.165, 1.54) is 30.5 Å². The van der Waals surface area contributed by atoms with E-state index in [0.717, 1.165) is 41.4 Å². The van der Waals surface area contributed by atoms with Gasteiger partial charge in [-0.25, -0.2) is 8.42 Å². The zero-order valence-corrected chi connectivity index (χ0v) is 25.4. The lowest BCUT2D eigenvalue weighted by Crippen LogP contribution is -2.37. The maximum atomic E-state index is 13.7. The molecule has 7 heteroatoms. The molecule has 1 aliphatic rings. The average Bonchev–Trinajstić information content (AvgIpc) is 2.93. The maximum Gasteiger partial charge on any atom is 0.259 e. The summed E-state index contributed by atoms with van der Waals surface area (Å²) >= 11 is 0. The maximum absolute atomic E-state index is 13.7. The first-order valence-corrected chi connectivity index (χ1v) is 16.2. The first-order valence-electron chi connectivity index (χ1n) is 14.3. The van der Waals surface area contributed by atoms with E-state index in [1.807, 2.05) is 18.2 Å². The Kier molecular flexibility index (Phi) is 7.99. The van der Waals surface area contributed by atoms with Gasteiger partial charge in [-0.1, -0.05) is 42.5 Å². The highest BCUT2D eigenvalue weighted by molar-refractivity contribution is 7.90. The van der Waals surface area contributed by atoms with Crippen LogP contribution in [-0.4, -0.2) is 54.0 Å². The molecule has 4 aromatic rings. The van der Waals surface area contributed by atoms with Crippen LogP contribution in [-0.2, 0) is 16.4 Å². The molecule has 41 heavy (non-hydrogen) atoms. The van der Waals surface area contributed by atoms with E-state index in [2.05, 4.69) is 49.1 Å². The highest BCUT2D eigenvalue weighted by Crippen LogP contribution is 2.32. The summed E-state index contributed by atoms with van der Waals surface area (Å²) in [6.07, 6.45) is 3.53. The second-order valence-corrected chi connectivity index (χ2v) is 14.4. The number of pyridine rings is 1. The van der Waals surface area contributed by atoms with Gasteiger partial charge in [-0.3, -0.25) is 4.79 Å². The third-order valence-electron chi connectivity index (χ3n) is 8.21. The molecule has 5 rings (SSSR count). The lowest BCUT2D eigenvalue weighted by Gasteiger charge is -2.34. The topological polar surface area (TPSA) is 79.6 Å². The fraction of sp³-hybridized carbons (Fsp3) is 0.382. The Morgan fingerprint density at radius 3 is 2.02 bits per heavy atom. The normalized spacial score (nSPS) is 15.6. The third kappa shape index (κ3) is 6.48. The monoisotopic (exact) mass is 572 g/mol. The van der Waals surface area contributed by atoms with Crippen LogP contribution in [0.3, 0.4) is 0 Å². The van der Waals surface area contributed by atoms with Crippen LogP contribution in [0.4, 0.5) is 0 Å². The van der Waals surface area contributed by atoms with Gasteiger partial charge >= 0.3 is 0 Å². The van der Waals surface area contributed by atoms with E-state index in [1.54, 1.807) is 30.5 Å². The molecule has 1 saturated heterocycles. The summed E-state index contributed by atoms with van der Waals surface area (Å²) in [6, 6.07) is 23.8. The van der Waals surface area contributed by atoms with Crippen LogP contribution < -0.4 is 5.56 Å². The molecule has 216 valence electrons. The molecule has 0 aliphatic carbocycles. The number of hydrogen-bond donors (Lipinski definition) is 1. The Morgan fingerprint density at radius 2 is 1.46 bits per heavy atom. The van der Waals surface area contributed by atoms with Crippen molar-refractivity contribution in [2.75, 3.05) is 19.3 Å². The quantitative estimate of drug-likeness (QED) is 0.290.